The summed E-state index contributed by atoms with van der Waals surface area (Å²) in [5, 5.41) is 12.6. The van der Waals surface area contributed by atoms with Gasteiger partial charge >= 0.3 is 5.97 Å². The van der Waals surface area contributed by atoms with E-state index in [1.54, 1.807) is 6.92 Å². The van der Waals surface area contributed by atoms with Gasteiger partial charge in [0.15, 0.2) is 0 Å². The number of piperazine rings is 1. The normalized spacial score (nSPS) is 22.2. The average Bonchev–Trinajstić information content (AvgIpc) is 2.38. The number of aliphatic carboxylic acids is 1. The molecule has 21 heavy (non-hydrogen) atoms. The van der Waals surface area contributed by atoms with Gasteiger partial charge in [0, 0.05) is 38.8 Å². The molecule has 1 rings (SSSR count). The Morgan fingerprint density at radius 3 is 2.24 bits per heavy atom. The molecule has 0 spiro atoms. The van der Waals surface area contributed by atoms with Gasteiger partial charge in [-0.2, -0.15) is 0 Å². The maximum atomic E-state index is 11.5. The standard InChI is InChI=1S/C16H33N3O2/c1-6-17-16(5,15(20)21)11-14(4)19-9-7-18(8-10-19)12-13(2)3/h13-14,17H,6-12H2,1-5H3,(H,20,21). The summed E-state index contributed by atoms with van der Waals surface area (Å²) in [6, 6.07) is 0.284. The predicted molar refractivity (Wildman–Crippen MR) is 86.6 cm³/mol. The molecule has 0 bridgehead atoms. The zero-order chi connectivity index (χ0) is 16.0. The lowest BCUT2D eigenvalue weighted by molar-refractivity contribution is -0.145. The Balaban J connectivity index is 2.49. The molecule has 0 aliphatic carbocycles. The molecule has 0 aromatic carbocycles. The van der Waals surface area contributed by atoms with Crippen molar-refractivity contribution in [3.63, 3.8) is 0 Å². The van der Waals surface area contributed by atoms with E-state index in [0.29, 0.717) is 18.9 Å². The first-order chi connectivity index (χ1) is 9.78. The second kappa shape index (κ2) is 8.11. The van der Waals surface area contributed by atoms with Crippen LogP contribution in [-0.4, -0.2) is 71.7 Å². The summed E-state index contributed by atoms with van der Waals surface area (Å²) in [6.07, 6.45) is 0.639. The van der Waals surface area contributed by atoms with Crippen LogP contribution in [0.2, 0.25) is 0 Å². The highest BCUT2D eigenvalue weighted by Crippen LogP contribution is 2.18. The topological polar surface area (TPSA) is 55.8 Å². The molecule has 0 aromatic heterocycles. The van der Waals surface area contributed by atoms with Gasteiger partial charge < -0.3 is 15.3 Å². The highest BCUT2D eigenvalue weighted by Gasteiger charge is 2.35. The van der Waals surface area contributed by atoms with Crippen molar-refractivity contribution in [1.82, 2.24) is 15.1 Å². The largest absolute Gasteiger partial charge is 0.480 e. The predicted octanol–water partition coefficient (Wildman–Crippen LogP) is 1.49. The molecule has 5 nitrogen and oxygen atoms in total. The van der Waals surface area contributed by atoms with E-state index in [0.717, 1.165) is 32.7 Å². The summed E-state index contributed by atoms with van der Waals surface area (Å²) < 4.78 is 0. The average molecular weight is 299 g/mol. The minimum atomic E-state index is -0.830. The van der Waals surface area contributed by atoms with Crippen molar-refractivity contribution in [2.24, 2.45) is 5.92 Å². The van der Waals surface area contributed by atoms with Crippen molar-refractivity contribution in [2.45, 2.75) is 52.6 Å². The summed E-state index contributed by atoms with van der Waals surface area (Å²) in [5.41, 5.74) is -0.830. The Kier molecular flexibility index (Phi) is 7.10. The minimum absolute atomic E-state index is 0.284. The Hall–Kier alpha value is -0.650. The molecule has 2 N–H and O–H groups in total. The fraction of sp³-hybridized carbons (Fsp3) is 0.938. The Bertz CT molecular complexity index is 327. The first-order valence-corrected chi connectivity index (χ1v) is 8.23. The third-order valence-electron chi connectivity index (χ3n) is 4.40. The summed E-state index contributed by atoms with van der Waals surface area (Å²) >= 11 is 0. The third kappa shape index (κ3) is 5.57. The van der Waals surface area contributed by atoms with Gasteiger partial charge in [-0.25, -0.2) is 0 Å². The fourth-order valence-corrected chi connectivity index (χ4v) is 3.25. The molecule has 0 saturated carbocycles. The number of likely N-dealkylation sites (N-methyl/N-ethyl adjacent to an activating group) is 1. The monoisotopic (exact) mass is 299 g/mol. The number of nitrogens with one attached hydrogen (secondary N) is 1. The third-order valence-corrected chi connectivity index (χ3v) is 4.40. The van der Waals surface area contributed by atoms with E-state index in [9.17, 15) is 9.90 Å². The van der Waals surface area contributed by atoms with Crippen molar-refractivity contribution < 1.29 is 9.90 Å². The molecule has 1 aliphatic rings. The van der Waals surface area contributed by atoms with Crippen molar-refractivity contribution in [1.29, 1.82) is 0 Å². The molecular weight excluding hydrogens is 266 g/mol. The maximum absolute atomic E-state index is 11.5. The van der Waals surface area contributed by atoms with Crippen LogP contribution in [0.25, 0.3) is 0 Å². The van der Waals surface area contributed by atoms with Crippen LogP contribution >= 0.6 is 0 Å². The molecular formula is C16H33N3O2. The highest BCUT2D eigenvalue weighted by atomic mass is 16.4. The van der Waals surface area contributed by atoms with Gasteiger partial charge in [-0.05, 0) is 32.7 Å². The second-order valence-corrected chi connectivity index (χ2v) is 6.95. The summed E-state index contributed by atoms with van der Waals surface area (Å²) in [4.78, 5) is 16.4. The fourth-order valence-electron chi connectivity index (χ4n) is 3.25. The Morgan fingerprint density at radius 2 is 1.81 bits per heavy atom. The zero-order valence-electron chi connectivity index (χ0n) is 14.4. The molecule has 0 radical (unpaired) electrons. The van der Waals surface area contributed by atoms with Crippen LogP contribution in [0, 0.1) is 5.92 Å². The van der Waals surface area contributed by atoms with Gasteiger partial charge in [0.05, 0.1) is 0 Å². The summed E-state index contributed by atoms with van der Waals surface area (Å²) in [7, 11) is 0. The van der Waals surface area contributed by atoms with Crippen molar-refractivity contribution >= 4 is 5.97 Å². The molecule has 1 saturated heterocycles. The molecule has 2 atom stereocenters. The van der Waals surface area contributed by atoms with Gasteiger partial charge in [0.1, 0.15) is 5.54 Å². The number of rotatable bonds is 8. The number of carbonyl (C=O) groups is 1. The maximum Gasteiger partial charge on any atom is 0.323 e. The molecule has 5 heteroatoms. The van der Waals surface area contributed by atoms with Crippen LogP contribution < -0.4 is 5.32 Å². The van der Waals surface area contributed by atoms with Gasteiger partial charge in [0.2, 0.25) is 0 Å². The number of carboxylic acids is 1. The van der Waals surface area contributed by atoms with E-state index >= 15 is 0 Å². The number of nitrogens with zero attached hydrogens (tertiary/aromatic N) is 2. The Morgan fingerprint density at radius 1 is 1.24 bits per heavy atom. The van der Waals surface area contributed by atoms with Gasteiger partial charge in [0.25, 0.3) is 0 Å². The van der Waals surface area contributed by atoms with Gasteiger partial charge in [-0.15, -0.1) is 0 Å². The molecule has 1 heterocycles. The summed E-state index contributed by atoms with van der Waals surface area (Å²) in [6.45, 7) is 16.5. The van der Waals surface area contributed by atoms with Gasteiger partial charge in [-0.1, -0.05) is 20.8 Å². The van der Waals surface area contributed by atoms with Crippen LogP contribution in [0.4, 0.5) is 0 Å². The van der Waals surface area contributed by atoms with E-state index in [1.165, 1.54) is 0 Å². The van der Waals surface area contributed by atoms with Crippen LogP contribution in [0.5, 0.6) is 0 Å². The van der Waals surface area contributed by atoms with Crippen molar-refractivity contribution in [3.8, 4) is 0 Å². The highest BCUT2D eigenvalue weighted by molar-refractivity contribution is 5.78. The summed E-state index contributed by atoms with van der Waals surface area (Å²) in [5.74, 6) is -0.0485. The van der Waals surface area contributed by atoms with Crippen molar-refractivity contribution in [3.05, 3.63) is 0 Å². The van der Waals surface area contributed by atoms with Crippen molar-refractivity contribution in [2.75, 3.05) is 39.3 Å². The molecule has 0 amide bonds. The first-order valence-electron chi connectivity index (χ1n) is 8.23. The quantitative estimate of drug-likeness (QED) is 0.711. The first kappa shape index (κ1) is 18.4. The van der Waals surface area contributed by atoms with Crippen LogP contribution in [0.3, 0.4) is 0 Å². The van der Waals surface area contributed by atoms with Crippen LogP contribution in [0.1, 0.15) is 41.0 Å². The number of carboxylic acid groups (broad SMARTS) is 1. The number of hydrogen-bond acceptors (Lipinski definition) is 4. The second-order valence-electron chi connectivity index (χ2n) is 6.95. The van der Waals surface area contributed by atoms with E-state index in [2.05, 4.69) is 35.9 Å². The number of hydrogen-bond donors (Lipinski definition) is 2. The molecule has 0 aromatic rings. The molecule has 2 unspecified atom stereocenters. The van der Waals surface area contributed by atoms with Gasteiger partial charge in [-0.3, -0.25) is 9.69 Å². The molecule has 1 aliphatic heterocycles. The lowest BCUT2D eigenvalue weighted by atomic mass is 9.92. The van der Waals surface area contributed by atoms with E-state index in [4.69, 9.17) is 0 Å². The zero-order valence-corrected chi connectivity index (χ0v) is 14.4. The van der Waals surface area contributed by atoms with E-state index in [-0.39, 0.29) is 6.04 Å². The molecule has 1 fully saturated rings. The lowest BCUT2D eigenvalue weighted by Gasteiger charge is -2.41. The van der Waals surface area contributed by atoms with E-state index in [1.807, 2.05) is 6.92 Å². The molecule has 124 valence electrons. The minimum Gasteiger partial charge on any atom is -0.480 e. The smallest absolute Gasteiger partial charge is 0.323 e. The van der Waals surface area contributed by atoms with E-state index < -0.39 is 11.5 Å². The SMILES string of the molecule is CCNC(C)(CC(C)N1CCN(CC(C)C)CC1)C(=O)O. The van der Waals surface area contributed by atoms with Crippen LogP contribution in [-0.2, 0) is 4.79 Å². The van der Waals surface area contributed by atoms with Crippen LogP contribution in [0.15, 0.2) is 0 Å². The Labute approximate surface area is 129 Å². The lowest BCUT2D eigenvalue weighted by Crippen LogP contribution is -2.56.